The summed E-state index contributed by atoms with van der Waals surface area (Å²) >= 11 is 0. The molecule has 88 valence electrons. The lowest BCUT2D eigenvalue weighted by Gasteiger charge is -2.15. The summed E-state index contributed by atoms with van der Waals surface area (Å²) in [6, 6.07) is 5.71. The second kappa shape index (κ2) is 5.18. The third-order valence-corrected chi connectivity index (χ3v) is 2.47. The number of hydrogen-bond donors (Lipinski definition) is 0. The summed E-state index contributed by atoms with van der Waals surface area (Å²) in [6.07, 6.45) is 0.541. The average Bonchev–Trinajstić information content (AvgIpc) is 2.55. The van der Waals surface area contributed by atoms with E-state index in [1.807, 2.05) is 18.2 Å². The Morgan fingerprint density at radius 1 is 1.06 bits per heavy atom. The Hall–Kier alpha value is -1.26. The first-order chi connectivity index (χ1) is 7.85. The molecule has 0 saturated heterocycles. The zero-order valence-electron chi connectivity index (χ0n) is 9.56. The van der Waals surface area contributed by atoms with Crippen molar-refractivity contribution in [1.82, 2.24) is 0 Å². The highest BCUT2D eigenvalue weighted by atomic mass is 16.7. The number of hydrogen-bond acceptors (Lipinski definition) is 4. The first kappa shape index (κ1) is 11.2. The Kier molecular flexibility index (Phi) is 3.64. The summed E-state index contributed by atoms with van der Waals surface area (Å²) in [5, 5.41) is 0. The Labute approximate surface area is 95.1 Å². The van der Waals surface area contributed by atoms with Crippen molar-refractivity contribution in [2.45, 2.75) is 12.7 Å². The molecule has 1 aliphatic rings. The molecule has 4 heteroatoms. The van der Waals surface area contributed by atoms with Gasteiger partial charge in [0.05, 0.1) is 13.2 Å². The monoisotopic (exact) mass is 224 g/mol. The van der Waals surface area contributed by atoms with Gasteiger partial charge in [0.1, 0.15) is 0 Å². The quantitative estimate of drug-likeness (QED) is 0.737. The number of benzene rings is 1. The second-order valence-electron chi connectivity index (χ2n) is 3.56. The molecule has 16 heavy (non-hydrogen) atoms. The Balaban J connectivity index is 2.26. The van der Waals surface area contributed by atoms with E-state index in [1.54, 1.807) is 14.2 Å². The van der Waals surface area contributed by atoms with Crippen molar-refractivity contribution in [2.75, 3.05) is 27.4 Å². The molecule has 2 rings (SSSR count). The van der Waals surface area contributed by atoms with Crippen LogP contribution in [0.3, 0.4) is 0 Å². The Bertz CT molecular complexity index is 347. The topological polar surface area (TPSA) is 36.9 Å². The molecular formula is C12H16O4. The van der Waals surface area contributed by atoms with Gasteiger partial charge in [0.25, 0.3) is 0 Å². The van der Waals surface area contributed by atoms with Crippen LogP contribution in [-0.4, -0.2) is 27.4 Å². The van der Waals surface area contributed by atoms with Crippen molar-refractivity contribution in [3.8, 4) is 11.5 Å². The van der Waals surface area contributed by atoms with Crippen LogP contribution >= 0.6 is 0 Å². The molecule has 1 aliphatic heterocycles. The summed E-state index contributed by atoms with van der Waals surface area (Å²) in [6.45, 7) is 1.38. The lowest BCUT2D eigenvalue weighted by atomic mass is 10.2. The van der Waals surface area contributed by atoms with Crippen molar-refractivity contribution < 1.29 is 18.9 Å². The maximum atomic E-state index is 5.59. The van der Waals surface area contributed by atoms with Gasteiger partial charge in [-0.25, -0.2) is 0 Å². The van der Waals surface area contributed by atoms with Gasteiger partial charge in [-0.1, -0.05) is 6.07 Å². The van der Waals surface area contributed by atoms with E-state index in [0.717, 1.165) is 23.5 Å². The summed E-state index contributed by atoms with van der Waals surface area (Å²) in [4.78, 5) is 0. The van der Waals surface area contributed by atoms with Crippen LogP contribution in [0.15, 0.2) is 18.2 Å². The van der Waals surface area contributed by atoms with Crippen LogP contribution in [0.25, 0.3) is 0 Å². The van der Waals surface area contributed by atoms with Gasteiger partial charge in [0.15, 0.2) is 17.8 Å². The van der Waals surface area contributed by atoms with E-state index in [9.17, 15) is 0 Å². The molecule has 0 aromatic heterocycles. The lowest BCUT2D eigenvalue weighted by molar-refractivity contribution is -0.106. The van der Waals surface area contributed by atoms with E-state index in [1.165, 1.54) is 0 Å². The first-order valence-electron chi connectivity index (χ1n) is 5.30. The van der Waals surface area contributed by atoms with Crippen LogP contribution in [0, 0.1) is 0 Å². The van der Waals surface area contributed by atoms with Crippen LogP contribution in [0.1, 0.15) is 18.3 Å². The third-order valence-electron chi connectivity index (χ3n) is 2.47. The molecule has 0 bridgehead atoms. The van der Waals surface area contributed by atoms with Crippen LogP contribution in [0.4, 0.5) is 0 Å². The molecule has 1 aromatic carbocycles. The second-order valence-corrected chi connectivity index (χ2v) is 3.56. The summed E-state index contributed by atoms with van der Waals surface area (Å²) in [7, 11) is 3.22. The summed E-state index contributed by atoms with van der Waals surface area (Å²) < 4.78 is 21.5. The largest absolute Gasteiger partial charge is 0.490 e. The van der Waals surface area contributed by atoms with E-state index >= 15 is 0 Å². The summed E-state index contributed by atoms with van der Waals surface area (Å²) in [5.41, 5.74) is 0.925. The van der Waals surface area contributed by atoms with E-state index < -0.39 is 0 Å². The van der Waals surface area contributed by atoms with Crippen molar-refractivity contribution >= 4 is 0 Å². The molecule has 0 saturated carbocycles. The minimum atomic E-state index is -0.364. The lowest BCUT2D eigenvalue weighted by Crippen LogP contribution is -2.04. The van der Waals surface area contributed by atoms with Gasteiger partial charge >= 0.3 is 0 Å². The standard InChI is InChI=1S/C12H16O4/c1-13-12(14-2)9-4-5-10-11(8-9)16-7-3-6-15-10/h4-5,8,12H,3,6-7H2,1-2H3. The molecule has 0 radical (unpaired) electrons. The van der Waals surface area contributed by atoms with Gasteiger partial charge in [0.2, 0.25) is 0 Å². The number of methoxy groups -OCH3 is 2. The van der Waals surface area contributed by atoms with Gasteiger partial charge in [-0.15, -0.1) is 0 Å². The van der Waals surface area contributed by atoms with Gasteiger partial charge in [-0.3, -0.25) is 0 Å². The fourth-order valence-electron chi connectivity index (χ4n) is 1.69. The SMILES string of the molecule is COC(OC)c1ccc2c(c1)OCCCO2. The smallest absolute Gasteiger partial charge is 0.183 e. The highest BCUT2D eigenvalue weighted by Crippen LogP contribution is 2.33. The molecule has 0 spiro atoms. The Morgan fingerprint density at radius 2 is 1.75 bits per heavy atom. The van der Waals surface area contributed by atoms with Crippen LogP contribution < -0.4 is 9.47 Å². The first-order valence-corrected chi connectivity index (χ1v) is 5.30. The average molecular weight is 224 g/mol. The van der Waals surface area contributed by atoms with Gasteiger partial charge in [-0.05, 0) is 12.1 Å². The zero-order chi connectivity index (χ0) is 11.4. The van der Waals surface area contributed by atoms with Crippen LogP contribution in [0.2, 0.25) is 0 Å². The highest BCUT2D eigenvalue weighted by molar-refractivity contribution is 5.43. The normalized spacial score (nSPS) is 14.9. The van der Waals surface area contributed by atoms with E-state index in [2.05, 4.69) is 0 Å². The van der Waals surface area contributed by atoms with Crippen LogP contribution in [0.5, 0.6) is 11.5 Å². The molecule has 0 unspecified atom stereocenters. The summed E-state index contributed by atoms with van der Waals surface area (Å²) in [5.74, 6) is 1.54. The predicted octanol–water partition coefficient (Wildman–Crippen LogP) is 2.14. The molecule has 0 atom stereocenters. The van der Waals surface area contributed by atoms with Crippen molar-refractivity contribution in [2.24, 2.45) is 0 Å². The minimum Gasteiger partial charge on any atom is -0.490 e. The van der Waals surface area contributed by atoms with E-state index in [0.29, 0.717) is 13.2 Å². The molecule has 0 N–H and O–H groups in total. The fourth-order valence-corrected chi connectivity index (χ4v) is 1.69. The van der Waals surface area contributed by atoms with Crippen LogP contribution in [-0.2, 0) is 9.47 Å². The molecule has 0 amide bonds. The van der Waals surface area contributed by atoms with Crippen molar-refractivity contribution in [1.29, 1.82) is 0 Å². The van der Waals surface area contributed by atoms with Crippen molar-refractivity contribution in [3.05, 3.63) is 23.8 Å². The fraction of sp³-hybridized carbons (Fsp3) is 0.500. The molecular weight excluding hydrogens is 208 g/mol. The van der Waals surface area contributed by atoms with Crippen molar-refractivity contribution in [3.63, 3.8) is 0 Å². The minimum absolute atomic E-state index is 0.364. The molecule has 1 aromatic rings. The van der Waals surface area contributed by atoms with Gasteiger partial charge in [-0.2, -0.15) is 0 Å². The number of rotatable bonds is 3. The highest BCUT2D eigenvalue weighted by Gasteiger charge is 2.15. The molecule has 4 nitrogen and oxygen atoms in total. The number of ether oxygens (including phenoxy) is 4. The maximum Gasteiger partial charge on any atom is 0.183 e. The maximum absolute atomic E-state index is 5.59. The third kappa shape index (κ3) is 2.28. The van der Waals surface area contributed by atoms with Gasteiger partial charge in [0, 0.05) is 26.2 Å². The predicted molar refractivity (Wildman–Crippen MR) is 58.8 cm³/mol. The Morgan fingerprint density at radius 3 is 2.44 bits per heavy atom. The molecule has 1 heterocycles. The van der Waals surface area contributed by atoms with Gasteiger partial charge < -0.3 is 18.9 Å². The zero-order valence-corrected chi connectivity index (χ0v) is 9.56. The van der Waals surface area contributed by atoms with E-state index in [4.69, 9.17) is 18.9 Å². The number of fused-ring (bicyclic) bond motifs is 1. The molecule has 0 fully saturated rings. The van der Waals surface area contributed by atoms with E-state index in [-0.39, 0.29) is 6.29 Å². The molecule has 0 aliphatic carbocycles.